The van der Waals surface area contributed by atoms with E-state index in [4.69, 9.17) is 4.74 Å². The molecule has 0 aliphatic carbocycles. The summed E-state index contributed by atoms with van der Waals surface area (Å²) in [6, 6.07) is 21.0. The van der Waals surface area contributed by atoms with Gasteiger partial charge in [-0.1, -0.05) is 54.1 Å². The average molecular weight is 415 g/mol. The first kappa shape index (κ1) is 21.8. The van der Waals surface area contributed by atoms with Crippen molar-refractivity contribution in [1.82, 2.24) is 5.43 Å². The molecule has 0 radical (unpaired) electrons. The number of nitrogens with one attached hydrogen (secondary N) is 2. The second kappa shape index (κ2) is 10.2. The van der Waals surface area contributed by atoms with Crippen LogP contribution in [0.25, 0.3) is 0 Å². The number of nitrogens with zero attached hydrogens (tertiary/aromatic N) is 1. The van der Waals surface area contributed by atoms with Crippen molar-refractivity contribution in [3.05, 3.63) is 94.5 Å². The van der Waals surface area contributed by atoms with E-state index < -0.39 is 11.8 Å². The van der Waals surface area contributed by atoms with E-state index in [2.05, 4.69) is 15.8 Å². The van der Waals surface area contributed by atoms with Crippen LogP contribution < -0.4 is 15.5 Å². The number of anilines is 1. The molecule has 0 saturated heterocycles. The molecule has 31 heavy (non-hydrogen) atoms. The Balaban J connectivity index is 1.53. The molecule has 0 aliphatic heterocycles. The van der Waals surface area contributed by atoms with Gasteiger partial charge in [0.1, 0.15) is 12.4 Å². The molecule has 0 saturated carbocycles. The first-order chi connectivity index (χ1) is 14.9. The van der Waals surface area contributed by atoms with E-state index in [1.807, 2.05) is 75.4 Å². The van der Waals surface area contributed by atoms with E-state index in [0.29, 0.717) is 18.0 Å². The van der Waals surface area contributed by atoms with Crippen LogP contribution in [-0.2, 0) is 16.2 Å². The Hall–Kier alpha value is -3.93. The molecular weight excluding hydrogens is 390 g/mol. The van der Waals surface area contributed by atoms with Crippen molar-refractivity contribution < 1.29 is 14.3 Å². The lowest BCUT2D eigenvalue weighted by Crippen LogP contribution is -2.32. The quantitative estimate of drug-likeness (QED) is 0.358. The predicted molar refractivity (Wildman–Crippen MR) is 122 cm³/mol. The number of hydrogen-bond donors (Lipinski definition) is 2. The van der Waals surface area contributed by atoms with Crippen molar-refractivity contribution in [2.75, 3.05) is 5.32 Å². The molecule has 0 aromatic heterocycles. The molecule has 0 heterocycles. The topological polar surface area (TPSA) is 79.8 Å². The van der Waals surface area contributed by atoms with Gasteiger partial charge in [0.05, 0.1) is 6.21 Å². The summed E-state index contributed by atoms with van der Waals surface area (Å²) in [7, 11) is 0. The Bertz CT molecular complexity index is 1110. The fourth-order valence-corrected chi connectivity index (χ4v) is 2.82. The smallest absolute Gasteiger partial charge is 0.329 e. The molecule has 158 valence electrons. The predicted octanol–water partition coefficient (Wildman–Crippen LogP) is 4.28. The summed E-state index contributed by atoms with van der Waals surface area (Å²) in [6.45, 7) is 6.32. The Morgan fingerprint density at radius 3 is 2.45 bits per heavy atom. The monoisotopic (exact) mass is 415 g/mol. The maximum Gasteiger partial charge on any atom is 0.329 e. The SMILES string of the molecule is Cc1ccc(COc2cccc(/C=N\NC(=O)C(=O)Nc3cccc(C)c3C)c2)cc1. The van der Waals surface area contributed by atoms with Gasteiger partial charge in [0, 0.05) is 5.69 Å². The van der Waals surface area contributed by atoms with Crippen molar-refractivity contribution in [3.8, 4) is 5.75 Å². The summed E-state index contributed by atoms with van der Waals surface area (Å²) in [5, 5.41) is 6.47. The molecule has 0 bridgehead atoms. The number of carbonyl (C=O) groups excluding carboxylic acids is 2. The molecule has 0 unspecified atom stereocenters. The zero-order chi connectivity index (χ0) is 22.2. The highest BCUT2D eigenvalue weighted by molar-refractivity contribution is 6.39. The summed E-state index contributed by atoms with van der Waals surface area (Å²) < 4.78 is 5.81. The Labute approximate surface area is 182 Å². The van der Waals surface area contributed by atoms with Crippen LogP contribution >= 0.6 is 0 Å². The Morgan fingerprint density at radius 1 is 0.935 bits per heavy atom. The van der Waals surface area contributed by atoms with Crippen LogP contribution in [0.15, 0.2) is 71.8 Å². The van der Waals surface area contributed by atoms with Crippen LogP contribution in [0.1, 0.15) is 27.8 Å². The molecule has 3 rings (SSSR count). The van der Waals surface area contributed by atoms with Crippen molar-refractivity contribution >= 4 is 23.7 Å². The van der Waals surface area contributed by atoms with E-state index in [1.54, 1.807) is 12.1 Å². The highest BCUT2D eigenvalue weighted by Gasteiger charge is 2.14. The normalized spacial score (nSPS) is 10.7. The molecule has 0 atom stereocenters. The number of hydrogen-bond acceptors (Lipinski definition) is 4. The van der Waals surface area contributed by atoms with Crippen LogP contribution in [0.4, 0.5) is 5.69 Å². The van der Waals surface area contributed by atoms with Crippen molar-refractivity contribution in [3.63, 3.8) is 0 Å². The minimum atomic E-state index is -0.844. The van der Waals surface area contributed by atoms with Crippen LogP contribution in [0.3, 0.4) is 0 Å². The van der Waals surface area contributed by atoms with Gasteiger partial charge < -0.3 is 10.1 Å². The van der Waals surface area contributed by atoms with Gasteiger partial charge in [-0.3, -0.25) is 9.59 Å². The maximum atomic E-state index is 12.1. The molecule has 0 aliphatic rings. The van der Waals surface area contributed by atoms with E-state index in [9.17, 15) is 9.59 Å². The van der Waals surface area contributed by atoms with E-state index in [-0.39, 0.29) is 0 Å². The second-order valence-corrected chi connectivity index (χ2v) is 7.25. The number of ether oxygens (including phenoxy) is 1. The fraction of sp³-hybridized carbons (Fsp3) is 0.160. The summed E-state index contributed by atoms with van der Waals surface area (Å²) >= 11 is 0. The minimum absolute atomic E-state index is 0.455. The molecule has 0 fully saturated rings. The van der Waals surface area contributed by atoms with E-state index >= 15 is 0 Å². The number of carbonyl (C=O) groups is 2. The molecule has 2 N–H and O–H groups in total. The summed E-state index contributed by atoms with van der Waals surface area (Å²) in [5.41, 5.74) is 7.79. The van der Waals surface area contributed by atoms with Gasteiger partial charge >= 0.3 is 11.8 Å². The molecule has 0 spiro atoms. The molecule has 6 heteroatoms. The lowest BCUT2D eigenvalue weighted by atomic mass is 10.1. The van der Waals surface area contributed by atoms with Crippen molar-refractivity contribution in [2.24, 2.45) is 5.10 Å². The van der Waals surface area contributed by atoms with Gasteiger partial charge in [-0.05, 0) is 61.2 Å². The molecule has 3 aromatic rings. The minimum Gasteiger partial charge on any atom is -0.489 e. The number of benzene rings is 3. The van der Waals surface area contributed by atoms with Gasteiger partial charge in [0.2, 0.25) is 0 Å². The largest absolute Gasteiger partial charge is 0.489 e. The number of aryl methyl sites for hydroxylation is 2. The summed E-state index contributed by atoms with van der Waals surface area (Å²) in [5.74, 6) is -0.937. The Kier molecular flexibility index (Phi) is 7.17. The van der Waals surface area contributed by atoms with Gasteiger partial charge in [-0.2, -0.15) is 5.10 Å². The third-order valence-corrected chi connectivity index (χ3v) is 4.82. The molecular formula is C25H25N3O3. The van der Waals surface area contributed by atoms with Crippen LogP contribution in [0, 0.1) is 20.8 Å². The first-order valence-electron chi connectivity index (χ1n) is 9.91. The average Bonchev–Trinajstić information content (AvgIpc) is 2.77. The maximum absolute atomic E-state index is 12.1. The third-order valence-electron chi connectivity index (χ3n) is 4.82. The van der Waals surface area contributed by atoms with Crippen LogP contribution in [-0.4, -0.2) is 18.0 Å². The molecule has 6 nitrogen and oxygen atoms in total. The Morgan fingerprint density at radius 2 is 1.68 bits per heavy atom. The summed E-state index contributed by atoms with van der Waals surface area (Å²) in [4.78, 5) is 24.1. The van der Waals surface area contributed by atoms with Gasteiger partial charge in [0.15, 0.2) is 0 Å². The van der Waals surface area contributed by atoms with Gasteiger partial charge in [0.25, 0.3) is 0 Å². The van der Waals surface area contributed by atoms with E-state index in [0.717, 1.165) is 22.3 Å². The fourth-order valence-electron chi connectivity index (χ4n) is 2.82. The third kappa shape index (κ3) is 6.27. The van der Waals surface area contributed by atoms with Crippen molar-refractivity contribution in [2.45, 2.75) is 27.4 Å². The van der Waals surface area contributed by atoms with Gasteiger partial charge in [-0.25, -0.2) is 5.43 Å². The molecule has 2 amide bonds. The van der Waals surface area contributed by atoms with Crippen molar-refractivity contribution in [1.29, 1.82) is 0 Å². The second-order valence-electron chi connectivity index (χ2n) is 7.25. The van der Waals surface area contributed by atoms with E-state index in [1.165, 1.54) is 11.8 Å². The van der Waals surface area contributed by atoms with Crippen LogP contribution in [0.5, 0.6) is 5.75 Å². The van der Waals surface area contributed by atoms with Crippen LogP contribution in [0.2, 0.25) is 0 Å². The standard InChI is InChI=1S/C25H25N3O3/c1-17-10-12-20(13-11-17)16-31-22-8-5-7-21(14-22)15-26-28-25(30)24(29)27-23-9-4-6-18(2)19(23)3/h4-15H,16H2,1-3H3,(H,27,29)(H,28,30)/b26-15-. The number of amides is 2. The zero-order valence-corrected chi connectivity index (χ0v) is 17.8. The summed E-state index contributed by atoms with van der Waals surface area (Å²) in [6.07, 6.45) is 1.46. The highest BCUT2D eigenvalue weighted by Crippen LogP contribution is 2.18. The number of hydrazone groups is 1. The number of rotatable bonds is 6. The molecule has 3 aromatic carbocycles. The van der Waals surface area contributed by atoms with Gasteiger partial charge in [-0.15, -0.1) is 0 Å². The zero-order valence-electron chi connectivity index (χ0n) is 17.8. The lowest BCUT2D eigenvalue weighted by Gasteiger charge is -2.09. The first-order valence-corrected chi connectivity index (χ1v) is 9.91. The highest BCUT2D eigenvalue weighted by atomic mass is 16.5. The lowest BCUT2D eigenvalue weighted by molar-refractivity contribution is -0.136.